The first-order valence-corrected chi connectivity index (χ1v) is 7.71. The summed E-state index contributed by atoms with van der Waals surface area (Å²) >= 11 is 1.73. The summed E-state index contributed by atoms with van der Waals surface area (Å²) in [5.41, 5.74) is 3.44. The van der Waals surface area contributed by atoms with Crippen LogP contribution in [0.5, 0.6) is 0 Å². The average molecular weight is 286 g/mol. The monoisotopic (exact) mass is 286 g/mol. The Labute approximate surface area is 122 Å². The lowest BCUT2D eigenvalue weighted by atomic mass is 10.0. The Morgan fingerprint density at radius 1 is 1.35 bits per heavy atom. The molecular weight excluding hydrogens is 268 g/mol. The zero-order valence-corrected chi connectivity index (χ0v) is 12.5. The van der Waals surface area contributed by atoms with Gasteiger partial charge in [0.2, 0.25) is 0 Å². The molecule has 0 spiro atoms. The van der Waals surface area contributed by atoms with Gasteiger partial charge in [-0.25, -0.2) is 0 Å². The average Bonchev–Trinajstić information content (AvgIpc) is 3.07. The van der Waals surface area contributed by atoms with E-state index in [1.165, 1.54) is 15.8 Å². The van der Waals surface area contributed by atoms with Gasteiger partial charge in [0.1, 0.15) is 0 Å². The molecule has 4 nitrogen and oxygen atoms in total. The van der Waals surface area contributed by atoms with Crippen LogP contribution in [0, 0.1) is 0 Å². The molecule has 104 valence electrons. The summed E-state index contributed by atoms with van der Waals surface area (Å²) in [6.07, 6.45) is 7.05. The Kier molecular flexibility index (Phi) is 3.80. The Hall–Kier alpha value is -1.72. The van der Waals surface area contributed by atoms with Gasteiger partial charge < -0.3 is 5.32 Å². The number of thiophene rings is 1. The molecule has 0 aliphatic carbocycles. The molecule has 3 aromatic rings. The molecule has 0 saturated carbocycles. The molecule has 1 unspecified atom stereocenters. The van der Waals surface area contributed by atoms with Gasteiger partial charge in [-0.3, -0.25) is 9.67 Å². The van der Waals surface area contributed by atoms with Crippen molar-refractivity contribution in [3.8, 4) is 0 Å². The minimum Gasteiger partial charge on any atom is -0.306 e. The number of aryl methyl sites for hydroxylation is 1. The van der Waals surface area contributed by atoms with E-state index < -0.39 is 0 Å². The maximum Gasteiger partial charge on any atom is 0.0809 e. The predicted molar refractivity (Wildman–Crippen MR) is 83.0 cm³/mol. The van der Waals surface area contributed by atoms with E-state index >= 15 is 0 Å². The number of aromatic nitrogens is 3. The van der Waals surface area contributed by atoms with Crippen LogP contribution in [0.2, 0.25) is 0 Å². The molecule has 20 heavy (non-hydrogen) atoms. The molecule has 1 atom stereocenters. The van der Waals surface area contributed by atoms with Crippen LogP contribution in [0.1, 0.15) is 30.5 Å². The highest BCUT2D eigenvalue weighted by atomic mass is 32.1. The molecule has 0 aliphatic heterocycles. The predicted octanol–water partition coefficient (Wildman–Crippen LogP) is 3.12. The second-order valence-electron chi connectivity index (χ2n) is 4.91. The summed E-state index contributed by atoms with van der Waals surface area (Å²) in [5, 5.41) is 9.95. The van der Waals surface area contributed by atoms with E-state index in [9.17, 15) is 0 Å². The maximum atomic E-state index is 4.55. The van der Waals surface area contributed by atoms with Crippen molar-refractivity contribution in [3.63, 3.8) is 0 Å². The molecule has 5 heteroatoms. The third kappa shape index (κ3) is 2.59. The van der Waals surface area contributed by atoms with Crippen molar-refractivity contribution in [2.45, 2.75) is 19.4 Å². The lowest BCUT2D eigenvalue weighted by Crippen LogP contribution is -2.23. The summed E-state index contributed by atoms with van der Waals surface area (Å²) in [6, 6.07) is 4.44. The minimum atomic E-state index is 0.155. The van der Waals surface area contributed by atoms with Crippen LogP contribution in [0.4, 0.5) is 0 Å². The normalized spacial score (nSPS) is 12.9. The summed E-state index contributed by atoms with van der Waals surface area (Å²) < 4.78 is 3.07. The van der Waals surface area contributed by atoms with Crippen LogP contribution in [-0.4, -0.2) is 21.3 Å². The van der Waals surface area contributed by atoms with Crippen molar-refractivity contribution in [1.29, 1.82) is 0 Å². The van der Waals surface area contributed by atoms with E-state index in [0.717, 1.165) is 18.5 Å². The van der Waals surface area contributed by atoms with Crippen LogP contribution in [0.3, 0.4) is 0 Å². The molecule has 3 rings (SSSR count). The Morgan fingerprint density at radius 3 is 3.00 bits per heavy atom. The van der Waals surface area contributed by atoms with Gasteiger partial charge >= 0.3 is 0 Å². The molecule has 3 heterocycles. The molecule has 0 bridgehead atoms. The highest BCUT2D eigenvalue weighted by Gasteiger charge is 2.16. The number of nitrogens with one attached hydrogen (secondary N) is 1. The molecule has 0 aliphatic rings. The van der Waals surface area contributed by atoms with Crippen LogP contribution in [-0.2, 0) is 7.05 Å². The lowest BCUT2D eigenvalue weighted by Gasteiger charge is -2.17. The standard InChI is InChI=1S/C15H18N4S/c1-3-5-16-15(12-9-18-19(2)10-12)11-7-14-13(17-8-11)4-6-20-14/h4,6-10,15-16H,3,5H2,1-2H3. The number of hydrogen-bond donors (Lipinski definition) is 1. The molecule has 3 aromatic heterocycles. The van der Waals surface area contributed by atoms with Gasteiger partial charge in [0.05, 0.1) is 22.5 Å². The minimum absolute atomic E-state index is 0.155. The molecule has 0 fully saturated rings. The van der Waals surface area contributed by atoms with Crippen molar-refractivity contribution in [2.24, 2.45) is 7.05 Å². The SMILES string of the molecule is CCCNC(c1cnc2ccsc2c1)c1cnn(C)c1. The zero-order chi connectivity index (χ0) is 13.9. The van der Waals surface area contributed by atoms with Gasteiger partial charge in [0.15, 0.2) is 0 Å². The summed E-state index contributed by atoms with van der Waals surface area (Å²) in [7, 11) is 1.95. The molecule has 0 saturated heterocycles. The number of hydrogen-bond acceptors (Lipinski definition) is 4. The number of pyridine rings is 1. The van der Waals surface area contributed by atoms with E-state index in [2.05, 4.69) is 46.0 Å². The third-order valence-corrected chi connectivity index (χ3v) is 4.17. The van der Waals surface area contributed by atoms with Gasteiger partial charge in [-0.2, -0.15) is 5.10 Å². The van der Waals surface area contributed by atoms with E-state index in [1.807, 2.05) is 24.1 Å². The molecule has 0 radical (unpaired) electrons. The highest BCUT2D eigenvalue weighted by molar-refractivity contribution is 7.17. The Bertz CT molecular complexity index is 701. The van der Waals surface area contributed by atoms with E-state index in [0.29, 0.717) is 0 Å². The van der Waals surface area contributed by atoms with Gasteiger partial charge in [-0.15, -0.1) is 11.3 Å². The largest absolute Gasteiger partial charge is 0.306 e. The Morgan fingerprint density at radius 2 is 2.25 bits per heavy atom. The van der Waals surface area contributed by atoms with Crippen LogP contribution < -0.4 is 5.32 Å². The second kappa shape index (κ2) is 5.73. The fourth-order valence-corrected chi connectivity index (χ4v) is 3.11. The number of rotatable bonds is 5. The first kappa shape index (κ1) is 13.3. The first-order chi connectivity index (χ1) is 9.78. The van der Waals surface area contributed by atoms with E-state index in [-0.39, 0.29) is 6.04 Å². The Balaban J connectivity index is 1.98. The fraction of sp³-hybridized carbons (Fsp3) is 0.333. The van der Waals surface area contributed by atoms with Crippen molar-refractivity contribution in [2.75, 3.05) is 6.54 Å². The molecule has 0 amide bonds. The van der Waals surface area contributed by atoms with Crippen LogP contribution in [0.15, 0.2) is 36.1 Å². The first-order valence-electron chi connectivity index (χ1n) is 6.83. The van der Waals surface area contributed by atoms with E-state index in [1.54, 1.807) is 11.3 Å². The van der Waals surface area contributed by atoms with Crippen molar-refractivity contribution in [1.82, 2.24) is 20.1 Å². The van der Waals surface area contributed by atoms with Crippen molar-refractivity contribution in [3.05, 3.63) is 47.2 Å². The highest BCUT2D eigenvalue weighted by Crippen LogP contribution is 2.26. The zero-order valence-electron chi connectivity index (χ0n) is 11.7. The van der Waals surface area contributed by atoms with E-state index in [4.69, 9.17) is 0 Å². The van der Waals surface area contributed by atoms with Gasteiger partial charge in [0.25, 0.3) is 0 Å². The maximum absolute atomic E-state index is 4.55. The van der Waals surface area contributed by atoms with Gasteiger partial charge in [0, 0.05) is 25.0 Å². The molecule has 1 N–H and O–H groups in total. The summed E-state index contributed by atoms with van der Waals surface area (Å²) in [6.45, 7) is 3.15. The van der Waals surface area contributed by atoms with Crippen molar-refractivity contribution >= 4 is 21.6 Å². The number of fused-ring (bicyclic) bond motifs is 1. The quantitative estimate of drug-likeness (QED) is 0.783. The van der Waals surface area contributed by atoms with Crippen LogP contribution in [0.25, 0.3) is 10.2 Å². The van der Waals surface area contributed by atoms with Gasteiger partial charge in [-0.1, -0.05) is 6.92 Å². The molecular formula is C15H18N4S. The lowest BCUT2D eigenvalue weighted by molar-refractivity contribution is 0.597. The second-order valence-corrected chi connectivity index (χ2v) is 5.85. The third-order valence-electron chi connectivity index (χ3n) is 3.31. The van der Waals surface area contributed by atoms with Crippen LogP contribution >= 0.6 is 11.3 Å². The number of nitrogens with zero attached hydrogens (tertiary/aromatic N) is 3. The topological polar surface area (TPSA) is 42.7 Å². The summed E-state index contributed by atoms with van der Waals surface area (Å²) in [4.78, 5) is 4.55. The summed E-state index contributed by atoms with van der Waals surface area (Å²) in [5.74, 6) is 0. The van der Waals surface area contributed by atoms with Crippen molar-refractivity contribution < 1.29 is 0 Å². The van der Waals surface area contributed by atoms with Gasteiger partial charge in [-0.05, 0) is 36.0 Å². The molecule has 0 aromatic carbocycles. The smallest absolute Gasteiger partial charge is 0.0809 e. The fourth-order valence-electron chi connectivity index (χ4n) is 2.33.